The van der Waals surface area contributed by atoms with Crippen molar-refractivity contribution in [2.24, 2.45) is 5.92 Å². The molecule has 0 aromatic carbocycles. The van der Waals surface area contributed by atoms with Crippen LogP contribution in [-0.2, 0) is 14.8 Å². The molecular weight excluding hydrogens is 320 g/mol. The first kappa shape index (κ1) is 17.9. The Kier molecular flexibility index (Phi) is 5.43. The number of anilines is 1. The first-order valence-electron chi connectivity index (χ1n) is 7.62. The summed E-state index contributed by atoms with van der Waals surface area (Å²) in [6.07, 6.45) is 1.90. The highest BCUT2D eigenvalue weighted by Gasteiger charge is 2.32. The van der Waals surface area contributed by atoms with E-state index in [0.29, 0.717) is 31.1 Å². The molecule has 0 unspecified atom stereocenters. The van der Waals surface area contributed by atoms with E-state index in [1.807, 2.05) is 6.92 Å². The molecule has 1 aromatic heterocycles. The molecule has 0 aliphatic carbocycles. The van der Waals surface area contributed by atoms with Crippen LogP contribution in [0.15, 0.2) is 10.6 Å². The highest BCUT2D eigenvalue weighted by atomic mass is 32.2. The van der Waals surface area contributed by atoms with E-state index in [9.17, 15) is 13.2 Å². The van der Waals surface area contributed by atoms with Crippen LogP contribution in [0.5, 0.6) is 0 Å². The van der Waals surface area contributed by atoms with Crippen LogP contribution in [0.25, 0.3) is 0 Å². The van der Waals surface area contributed by atoms with E-state index in [1.54, 1.807) is 19.9 Å². The number of piperidine rings is 1. The molecule has 9 heteroatoms. The van der Waals surface area contributed by atoms with Crippen molar-refractivity contribution in [2.75, 3.05) is 24.7 Å². The Balaban J connectivity index is 1.88. The van der Waals surface area contributed by atoms with Crippen LogP contribution < -0.4 is 10.6 Å². The first-order chi connectivity index (χ1) is 10.7. The summed E-state index contributed by atoms with van der Waals surface area (Å²) in [5, 5.41) is 9.65. The minimum absolute atomic E-state index is 0.0882. The summed E-state index contributed by atoms with van der Waals surface area (Å²) in [7, 11) is -3.16. The number of carbonyl (C=O) groups is 1. The molecule has 1 aromatic rings. The van der Waals surface area contributed by atoms with Crippen LogP contribution in [0.2, 0.25) is 0 Å². The summed E-state index contributed by atoms with van der Waals surface area (Å²) < 4.78 is 29.6. The molecule has 130 valence electrons. The van der Waals surface area contributed by atoms with Crippen LogP contribution in [0.1, 0.15) is 26.0 Å². The van der Waals surface area contributed by atoms with Gasteiger partial charge in [-0.1, -0.05) is 12.1 Å². The Morgan fingerprint density at radius 2 is 2.22 bits per heavy atom. The van der Waals surface area contributed by atoms with Crippen molar-refractivity contribution in [1.82, 2.24) is 14.8 Å². The molecule has 23 heavy (non-hydrogen) atoms. The van der Waals surface area contributed by atoms with Crippen molar-refractivity contribution in [1.29, 1.82) is 0 Å². The SMILES string of the molecule is Cc1cc(NC(=O)[C@H](C)N[C@@H]2CCN(S(C)(=O)=O)C[C@H]2C)on1. The molecule has 3 atom stereocenters. The van der Waals surface area contributed by atoms with Crippen molar-refractivity contribution in [3.8, 4) is 0 Å². The normalized spacial score (nSPS) is 24.3. The van der Waals surface area contributed by atoms with Gasteiger partial charge in [0, 0.05) is 25.2 Å². The fraction of sp³-hybridized carbons (Fsp3) is 0.714. The molecule has 1 saturated heterocycles. The zero-order valence-electron chi connectivity index (χ0n) is 13.9. The van der Waals surface area contributed by atoms with E-state index in [2.05, 4.69) is 15.8 Å². The number of hydrogen-bond donors (Lipinski definition) is 2. The van der Waals surface area contributed by atoms with Crippen molar-refractivity contribution >= 4 is 21.8 Å². The molecular formula is C14H24N4O4S. The Labute approximate surface area is 136 Å². The van der Waals surface area contributed by atoms with E-state index < -0.39 is 16.1 Å². The Morgan fingerprint density at radius 1 is 1.52 bits per heavy atom. The lowest BCUT2D eigenvalue weighted by atomic mass is 9.94. The Bertz CT molecular complexity index is 657. The Hall–Kier alpha value is -1.45. The number of nitrogens with one attached hydrogen (secondary N) is 2. The second-order valence-corrected chi connectivity index (χ2v) is 8.19. The predicted octanol–water partition coefficient (Wildman–Crippen LogP) is 0.570. The van der Waals surface area contributed by atoms with Gasteiger partial charge >= 0.3 is 0 Å². The van der Waals surface area contributed by atoms with Crippen molar-refractivity contribution in [2.45, 2.75) is 39.3 Å². The number of rotatable bonds is 5. The van der Waals surface area contributed by atoms with Gasteiger partial charge in [0.05, 0.1) is 18.0 Å². The van der Waals surface area contributed by atoms with Gasteiger partial charge in [-0.25, -0.2) is 12.7 Å². The standard InChI is InChI=1S/C14H24N4O4S/c1-9-8-18(23(4,20)21)6-5-12(9)15-11(3)14(19)16-13-7-10(2)17-22-13/h7,9,11-12,15H,5-6,8H2,1-4H3,(H,16,19)/t9-,11+,12-/m1/s1. The second kappa shape index (κ2) is 6.98. The molecule has 1 aliphatic rings. The van der Waals surface area contributed by atoms with E-state index in [1.165, 1.54) is 10.6 Å². The van der Waals surface area contributed by atoms with Gasteiger partial charge < -0.3 is 9.84 Å². The van der Waals surface area contributed by atoms with Crippen LogP contribution in [0, 0.1) is 12.8 Å². The average Bonchev–Trinajstić information content (AvgIpc) is 2.85. The third-order valence-electron chi connectivity index (χ3n) is 4.07. The fourth-order valence-electron chi connectivity index (χ4n) is 2.71. The van der Waals surface area contributed by atoms with Crippen LogP contribution >= 0.6 is 0 Å². The second-order valence-electron chi connectivity index (χ2n) is 6.20. The van der Waals surface area contributed by atoms with Gasteiger partial charge in [0.25, 0.3) is 0 Å². The lowest BCUT2D eigenvalue weighted by Crippen LogP contribution is -2.53. The smallest absolute Gasteiger partial charge is 0.243 e. The maximum absolute atomic E-state index is 12.2. The number of aryl methyl sites for hydroxylation is 1. The number of hydrogen-bond acceptors (Lipinski definition) is 6. The van der Waals surface area contributed by atoms with E-state index in [4.69, 9.17) is 4.52 Å². The molecule has 0 spiro atoms. The largest absolute Gasteiger partial charge is 0.338 e. The quantitative estimate of drug-likeness (QED) is 0.809. The van der Waals surface area contributed by atoms with Gasteiger partial charge in [0.1, 0.15) is 0 Å². The number of sulfonamides is 1. The van der Waals surface area contributed by atoms with Gasteiger partial charge in [-0.3, -0.25) is 10.1 Å². The van der Waals surface area contributed by atoms with Gasteiger partial charge in [0.15, 0.2) is 0 Å². The maximum atomic E-state index is 12.2. The summed E-state index contributed by atoms with van der Waals surface area (Å²) in [6, 6.07) is 1.32. The molecule has 2 rings (SSSR count). The number of carbonyl (C=O) groups excluding carboxylic acids is 1. The summed E-state index contributed by atoms with van der Waals surface area (Å²) >= 11 is 0. The number of aromatic nitrogens is 1. The third kappa shape index (κ3) is 4.76. The highest BCUT2D eigenvalue weighted by Crippen LogP contribution is 2.19. The molecule has 2 heterocycles. The molecule has 0 radical (unpaired) electrons. The van der Waals surface area contributed by atoms with Gasteiger partial charge in [0.2, 0.25) is 21.8 Å². The van der Waals surface area contributed by atoms with Gasteiger partial charge in [-0.15, -0.1) is 0 Å². The molecule has 0 saturated carbocycles. The van der Waals surface area contributed by atoms with Crippen LogP contribution in [0.4, 0.5) is 5.88 Å². The summed E-state index contributed by atoms with van der Waals surface area (Å²) in [5.41, 5.74) is 0.697. The maximum Gasteiger partial charge on any atom is 0.243 e. The van der Waals surface area contributed by atoms with Crippen molar-refractivity contribution < 1.29 is 17.7 Å². The molecule has 8 nitrogen and oxygen atoms in total. The topological polar surface area (TPSA) is 105 Å². The number of amides is 1. The predicted molar refractivity (Wildman–Crippen MR) is 86.5 cm³/mol. The van der Waals surface area contributed by atoms with E-state index >= 15 is 0 Å². The van der Waals surface area contributed by atoms with Crippen molar-refractivity contribution in [3.05, 3.63) is 11.8 Å². The Morgan fingerprint density at radius 3 is 2.74 bits per heavy atom. The fourth-order valence-corrected chi connectivity index (χ4v) is 3.65. The average molecular weight is 344 g/mol. The minimum Gasteiger partial charge on any atom is -0.338 e. The molecule has 1 aliphatic heterocycles. The van der Waals surface area contributed by atoms with Gasteiger partial charge in [-0.05, 0) is 26.2 Å². The highest BCUT2D eigenvalue weighted by molar-refractivity contribution is 7.88. The summed E-state index contributed by atoms with van der Waals surface area (Å²) in [5.74, 6) is 0.237. The van der Waals surface area contributed by atoms with E-state index in [-0.39, 0.29) is 17.9 Å². The van der Waals surface area contributed by atoms with Crippen molar-refractivity contribution in [3.63, 3.8) is 0 Å². The zero-order valence-corrected chi connectivity index (χ0v) is 14.7. The van der Waals surface area contributed by atoms with Crippen LogP contribution in [0.3, 0.4) is 0 Å². The number of nitrogens with zero attached hydrogens (tertiary/aromatic N) is 2. The molecule has 0 bridgehead atoms. The van der Waals surface area contributed by atoms with E-state index in [0.717, 1.165) is 0 Å². The van der Waals surface area contributed by atoms with Gasteiger partial charge in [-0.2, -0.15) is 0 Å². The van der Waals surface area contributed by atoms with Crippen LogP contribution in [-0.4, -0.2) is 55.2 Å². The lowest BCUT2D eigenvalue weighted by molar-refractivity contribution is -0.118. The first-order valence-corrected chi connectivity index (χ1v) is 9.47. The molecule has 1 fully saturated rings. The summed E-state index contributed by atoms with van der Waals surface area (Å²) in [4.78, 5) is 12.2. The minimum atomic E-state index is -3.16. The zero-order chi connectivity index (χ0) is 17.2. The lowest BCUT2D eigenvalue weighted by Gasteiger charge is -2.37. The molecule has 2 N–H and O–H groups in total. The summed E-state index contributed by atoms with van der Waals surface area (Å²) in [6.45, 7) is 6.47. The monoisotopic (exact) mass is 344 g/mol. The third-order valence-corrected chi connectivity index (χ3v) is 5.34. The molecule has 1 amide bonds.